The second kappa shape index (κ2) is 6.83. The summed E-state index contributed by atoms with van der Waals surface area (Å²) in [6.07, 6.45) is 13.0. The van der Waals surface area contributed by atoms with Crippen molar-refractivity contribution in [3.63, 3.8) is 0 Å². The summed E-state index contributed by atoms with van der Waals surface area (Å²) in [5, 5.41) is 3.39. The van der Waals surface area contributed by atoms with E-state index in [1.807, 2.05) is 31.1 Å². The van der Waals surface area contributed by atoms with Gasteiger partial charge < -0.3 is 14.5 Å². The maximum Gasteiger partial charge on any atom is 0.202 e. The molecule has 0 bridgehead atoms. The van der Waals surface area contributed by atoms with Gasteiger partial charge in [0.25, 0.3) is 0 Å². The molecule has 0 saturated heterocycles. The lowest BCUT2D eigenvalue weighted by atomic mass is 10.3. The number of hydrogen-bond donors (Lipinski definition) is 1. The molecular weight excluding hydrogens is 226 g/mol. The zero-order chi connectivity index (χ0) is 12.6. The predicted octanol–water partition coefficient (Wildman–Crippen LogP) is 2.38. The first-order chi connectivity index (χ1) is 8.90. The summed E-state index contributed by atoms with van der Waals surface area (Å²) in [7, 11) is 0. The minimum absolute atomic E-state index is 0.968. The van der Waals surface area contributed by atoms with Gasteiger partial charge >= 0.3 is 0 Å². The number of imidazole rings is 2. The summed E-state index contributed by atoms with van der Waals surface area (Å²) in [4.78, 5) is 8.35. The van der Waals surface area contributed by atoms with Gasteiger partial charge in [-0.05, 0) is 19.3 Å². The molecule has 5 nitrogen and oxygen atoms in total. The summed E-state index contributed by atoms with van der Waals surface area (Å²) < 4.78 is 4.27. The van der Waals surface area contributed by atoms with Crippen LogP contribution in [0.4, 0.5) is 5.95 Å². The maximum absolute atomic E-state index is 4.32. The van der Waals surface area contributed by atoms with Gasteiger partial charge in [-0.1, -0.05) is 6.92 Å². The minimum Gasteiger partial charge on any atom is -0.356 e. The summed E-state index contributed by atoms with van der Waals surface area (Å²) in [6, 6.07) is 0. The van der Waals surface area contributed by atoms with Crippen LogP contribution in [0.25, 0.3) is 0 Å². The van der Waals surface area contributed by atoms with Crippen molar-refractivity contribution < 1.29 is 0 Å². The fraction of sp³-hybridized carbons (Fsp3) is 0.538. The smallest absolute Gasteiger partial charge is 0.202 e. The van der Waals surface area contributed by atoms with Crippen LogP contribution in [0.3, 0.4) is 0 Å². The SMILES string of the molecule is CCCn1ccnc1NCCCCn1ccnc1. The van der Waals surface area contributed by atoms with Crippen molar-refractivity contribution in [3.8, 4) is 0 Å². The van der Waals surface area contributed by atoms with Gasteiger partial charge in [0.15, 0.2) is 0 Å². The summed E-state index contributed by atoms with van der Waals surface area (Å²) >= 11 is 0. The minimum atomic E-state index is 0.968. The number of aromatic nitrogens is 4. The lowest BCUT2D eigenvalue weighted by Crippen LogP contribution is -2.09. The Morgan fingerprint density at radius 1 is 1.17 bits per heavy atom. The van der Waals surface area contributed by atoms with Crippen molar-refractivity contribution in [2.75, 3.05) is 11.9 Å². The highest BCUT2D eigenvalue weighted by Gasteiger charge is 2.00. The number of anilines is 1. The average Bonchev–Trinajstić information content (AvgIpc) is 3.01. The topological polar surface area (TPSA) is 47.7 Å². The molecule has 1 N–H and O–H groups in total. The van der Waals surface area contributed by atoms with E-state index in [-0.39, 0.29) is 0 Å². The van der Waals surface area contributed by atoms with E-state index in [1.54, 1.807) is 0 Å². The van der Waals surface area contributed by atoms with Crippen LogP contribution in [0.1, 0.15) is 26.2 Å². The molecule has 2 aromatic heterocycles. The van der Waals surface area contributed by atoms with E-state index < -0.39 is 0 Å². The molecule has 0 amide bonds. The van der Waals surface area contributed by atoms with Crippen LogP contribution in [0.15, 0.2) is 31.1 Å². The molecule has 0 aliphatic rings. The summed E-state index contributed by atoms with van der Waals surface area (Å²) in [5.74, 6) is 0.986. The predicted molar refractivity (Wildman–Crippen MR) is 72.5 cm³/mol. The third-order valence-corrected chi connectivity index (χ3v) is 2.87. The molecule has 0 saturated carbocycles. The van der Waals surface area contributed by atoms with Crippen molar-refractivity contribution in [1.82, 2.24) is 19.1 Å². The van der Waals surface area contributed by atoms with E-state index in [2.05, 4.69) is 31.3 Å². The highest BCUT2D eigenvalue weighted by atomic mass is 15.2. The number of aryl methyl sites for hydroxylation is 2. The Kier molecular flexibility index (Phi) is 4.81. The molecule has 0 aliphatic heterocycles. The van der Waals surface area contributed by atoms with Gasteiger partial charge in [-0.3, -0.25) is 0 Å². The van der Waals surface area contributed by atoms with Crippen LogP contribution in [0.5, 0.6) is 0 Å². The first kappa shape index (κ1) is 12.7. The molecule has 0 radical (unpaired) electrons. The van der Waals surface area contributed by atoms with Crippen molar-refractivity contribution in [2.24, 2.45) is 0 Å². The maximum atomic E-state index is 4.32. The molecule has 0 atom stereocenters. The Morgan fingerprint density at radius 2 is 2.11 bits per heavy atom. The fourth-order valence-electron chi connectivity index (χ4n) is 1.94. The van der Waals surface area contributed by atoms with Gasteiger partial charge in [-0.2, -0.15) is 0 Å². The van der Waals surface area contributed by atoms with Crippen molar-refractivity contribution in [1.29, 1.82) is 0 Å². The molecule has 2 rings (SSSR count). The van der Waals surface area contributed by atoms with Crippen LogP contribution in [-0.2, 0) is 13.1 Å². The van der Waals surface area contributed by atoms with Crippen LogP contribution in [0.2, 0.25) is 0 Å². The normalized spacial score (nSPS) is 10.7. The molecular formula is C13H21N5. The lowest BCUT2D eigenvalue weighted by molar-refractivity contribution is 0.617. The molecule has 0 fully saturated rings. The average molecular weight is 247 g/mol. The first-order valence-corrected chi connectivity index (χ1v) is 6.61. The van der Waals surface area contributed by atoms with E-state index in [0.29, 0.717) is 0 Å². The highest BCUT2D eigenvalue weighted by Crippen LogP contribution is 2.05. The lowest BCUT2D eigenvalue weighted by Gasteiger charge is -2.08. The van der Waals surface area contributed by atoms with Crippen LogP contribution >= 0.6 is 0 Å². The first-order valence-electron chi connectivity index (χ1n) is 6.61. The Morgan fingerprint density at radius 3 is 2.89 bits per heavy atom. The second-order valence-electron chi connectivity index (χ2n) is 4.38. The monoisotopic (exact) mass is 247 g/mol. The Labute approximate surface area is 108 Å². The van der Waals surface area contributed by atoms with Gasteiger partial charge in [0.05, 0.1) is 6.33 Å². The molecule has 5 heteroatoms. The molecule has 18 heavy (non-hydrogen) atoms. The third-order valence-electron chi connectivity index (χ3n) is 2.87. The number of unbranched alkanes of at least 4 members (excludes halogenated alkanes) is 1. The molecule has 2 heterocycles. The number of nitrogens with zero attached hydrogens (tertiary/aromatic N) is 4. The van der Waals surface area contributed by atoms with Crippen LogP contribution < -0.4 is 5.32 Å². The number of rotatable bonds is 8. The molecule has 2 aromatic rings. The van der Waals surface area contributed by atoms with E-state index >= 15 is 0 Å². The van der Waals surface area contributed by atoms with Crippen LogP contribution in [0, 0.1) is 0 Å². The fourth-order valence-corrected chi connectivity index (χ4v) is 1.94. The highest BCUT2D eigenvalue weighted by molar-refractivity contribution is 5.25. The van der Waals surface area contributed by atoms with Crippen molar-refractivity contribution in [2.45, 2.75) is 39.3 Å². The quantitative estimate of drug-likeness (QED) is 0.729. The van der Waals surface area contributed by atoms with Gasteiger partial charge in [-0.15, -0.1) is 0 Å². The number of nitrogens with one attached hydrogen (secondary N) is 1. The summed E-state index contributed by atoms with van der Waals surface area (Å²) in [5.41, 5.74) is 0. The van der Waals surface area contributed by atoms with E-state index in [0.717, 1.165) is 44.8 Å². The van der Waals surface area contributed by atoms with Crippen molar-refractivity contribution >= 4 is 5.95 Å². The van der Waals surface area contributed by atoms with Crippen LogP contribution in [-0.4, -0.2) is 25.6 Å². The molecule has 0 unspecified atom stereocenters. The molecule has 0 spiro atoms. The second-order valence-corrected chi connectivity index (χ2v) is 4.38. The Bertz CT molecular complexity index is 432. The van der Waals surface area contributed by atoms with E-state index in [4.69, 9.17) is 0 Å². The van der Waals surface area contributed by atoms with Gasteiger partial charge in [0, 0.05) is 44.4 Å². The number of hydrogen-bond acceptors (Lipinski definition) is 3. The zero-order valence-corrected chi connectivity index (χ0v) is 10.9. The van der Waals surface area contributed by atoms with Gasteiger partial charge in [0.1, 0.15) is 0 Å². The third kappa shape index (κ3) is 3.61. The van der Waals surface area contributed by atoms with Gasteiger partial charge in [-0.25, -0.2) is 9.97 Å². The summed E-state index contributed by atoms with van der Waals surface area (Å²) in [6.45, 7) is 5.20. The molecule has 98 valence electrons. The van der Waals surface area contributed by atoms with Gasteiger partial charge in [0.2, 0.25) is 5.95 Å². The molecule has 0 aromatic carbocycles. The Hall–Kier alpha value is -1.78. The largest absolute Gasteiger partial charge is 0.356 e. The van der Waals surface area contributed by atoms with E-state index in [1.165, 1.54) is 0 Å². The zero-order valence-electron chi connectivity index (χ0n) is 10.9. The van der Waals surface area contributed by atoms with Crippen molar-refractivity contribution in [3.05, 3.63) is 31.1 Å². The Balaban J connectivity index is 1.64. The van der Waals surface area contributed by atoms with E-state index in [9.17, 15) is 0 Å². The standard InChI is InChI=1S/C13H21N5/c1-2-8-18-11-7-16-13(18)15-5-3-4-9-17-10-6-14-12-17/h6-7,10-12H,2-5,8-9H2,1H3,(H,15,16). The molecule has 0 aliphatic carbocycles.